The Kier molecular flexibility index (Phi) is 4.31. The molecule has 2 N–H and O–H groups in total. The summed E-state index contributed by atoms with van der Waals surface area (Å²) in [6.07, 6.45) is 0. The molecule has 1 aromatic heterocycles. The number of aliphatic hydroxyl groups is 1. The van der Waals surface area contributed by atoms with E-state index in [-0.39, 0.29) is 18.0 Å². The quantitative estimate of drug-likeness (QED) is 0.875. The lowest BCUT2D eigenvalue weighted by atomic mass is 10.2. The van der Waals surface area contributed by atoms with E-state index in [0.717, 1.165) is 10.7 Å². The van der Waals surface area contributed by atoms with Crippen molar-refractivity contribution in [1.82, 2.24) is 9.71 Å². The number of sulfonamides is 1. The number of benzene rings is 1. The van der Waals surface area contributed by atoms with E-state index in [1.807, 2.05) is 12.3 Å². The van der Waals surface area contributed by atoms with E-state index in [1.54, 1.807) is 12.1 Å². The molecule has 0 saturated carbocycles. The second-order valence-electron chi connectivity index (χ2n) is 4.01. The van der Waals surface area contributed by atoms with Gasteiger partial charge in [0.2, 0.25) is 10.0 Å². The lowest BCUT2D eigenvalue weighted by molar-refractivity contribution is 0.281. The Morgan fingerprint density at radius 2 is 2.21 bits per heavy atom. The molecular formula is C12H14N2O3S2. The highest BCUT2D eigenvalue weighted by Gasteiger charge is 2.14. The Morgan fingerprint density at radius 1 is 1.42 bits per heavy atom. The van der Waals surface area contributed by atoms with Crippen molar-refractivity contribution in [2.75, 3.05) is 0 Å². The maximum atomic E-state index is 12.1. The minimum atomic E-state index is -3.58. The number of nitrogens with zero attached hydrogens (tertiary/aromatic N) is 1. The maximum absolute atomic E-state index is 12.1. The Hall–Kier alpha value is -1.28. The van der Waals surface area contributed by atoms with Crippen LogP contribution in [0, 0.1) is 6.92 Å². The fourth-order valence-corrected chi connectivity index (χ4v) is 3.40. The van der Waals surface area contributed by atoms with E-state index >= 15 is 0 Å². The van der Waals surface area contributed by atoms with Gasteiger partial charge in [-0.2, -0.15) is 0 Å². The van der Waals surface area contributed by atoms with E-state index in [4.69, 9.17) is 5.11 Å². The summed E-state index contributed by atoms with van der Waals surface area (Å²) in [5.74, 6) is 0. The van der Waals surface area contributed by atoms with Gasteiger partial charge in [0, 0.05) is 11.1 Å². The zero-order valence-corrected chi connectivity index (χ0v) is 12.0. The summed E-state index contributed by atoms with van der Waals surface area (Å²) in [6, 6.07) is 6.22. The van der Waals surface area contributed by atoms with Crippen LogP contribution in [-0.2, 0) is 23.2 Å². The minimum Gasteiger partial charge on any atom is -0.392 e. The van der Waals surface area contributed by atoms with Crippen LogP contribution >= 0.6 is 11.3 Å². The predicted molar refractivity (Wildman–Crippen MR) is 73.2 cm³/mol. The van der Waals surface area contributed by atoms with Crippen LogP contribution in [0.4, 0.5) is 0 Å². The molecule has 0 spiro atoms. The second-order valence-corrected chi connectivity index (χ2v) is 6.72. The zero-order valence-electron chi connectivity index (χ0n) is 10.3. The molecule has 0 bridgehead atoms. The summed E-state index contributed by atoms with van der Waals surface area (Å²) in [6.45, 7) is 1.85. The average Bonchev–Trinajstić information content (AvgIpc) is 2.82. The molecule has 1 aromatic carbocycles. The molecule has 2 aromatic rings. The minimum absolute atomic E-state index is 0.146. The van der Waals surface area contributed by atoms with Gasteiger partial charge in [-0.15, -0.1) is 11.3 Å². The number of rotatable bonds is 5. The van der Waals surface area contributed by atoms with Crippen molar-refractivity contribution in [1.29, 1.82) is 0 Å². The normalized spacial score (nSPS) is 11.7. The third kappa shape index (κ3) is 3.60. The van der Waals surface area contributed by atoms with E-state index in [1.165, 1.54) is 23.5 Å². The van der Waals surface area contributed by atoms with Crippen LogP contribution in [0.5, 0.6) is 0 Å². The number of hydrogen-bond donors (Lipinski definition) is 2. The average molecular weight is 298 g/mol. The fourth-order valence-electron chi connectivity index (χ4n) is 1.53. The molecule has 0 amide bonds. The fraction of sp³-hybridized carbons (Fsp3) is 0.250. The first-order chi connectivity index (χ1) is 9.01. The van der Waals surface area contributed by atoms with Crippen LogP contribution in [0.3, 0.4) is 0 Å². The number of aromatic nitrogens is 1. The molecule has 0 radical (unpaired) electrons. The Balaban J connectivity index is 2.13. The van der Waals surface area contributed by atoms with Gasteiger partial charge in [-0.3, -0.25) is 0 Å². The van der Waals surface area contributed by atoms with Crippen molar-refractivity contribution in [3.8, 4) is 0 Å². The van der Waals surface area contributed by atoms with E-state index in [0.29, 0.717) is 5.56 Å². The Morgan fingerprint density at radius 3 is 2.84 bits per heavy atom. The molecule has 0 atom stereocenters. The van der Waals surface area contributed by atoms with Gasteiger partial charge in [0.25, 0.3) is 0 Å². The zero-order chi connectivity index (χ0) is 13.9. The van der Waals surface area contributed by atoms with E-state index in [9.17, 15) is 8.42 Å². The number of thiazole rings is 1. The molecule has 0 aliphatic heterocycles. The molecule has 7 heteroatoms. The van der Waals surface area contributed by atoms with Gasteiger partial charge in [-0.05, 0) is 24.6 Å². The molecule has 5 nitrogen and oxygen atoms in total. The summed E-state index contributed by atoms with van der Waals surface area (Å²) in [5.41, 5.74) is 1.44. The number of nitrogens with one attached hydrogen (secondary N) is 1. The highest BCUT2D eigenvalue weighted by Crippen LogP contribution is 2.13. The van der Waals surface area contributed by atoms with Gasteiger partial charge in [0.15, 0.2) is 0 Å². The molecule has 0 saturated heterocycles. The van der Waals surface area contributed by atoms with Crippen LogP contribution < -0.4 is 4.72 Å². The first-order valence-corrected chi connectivity index (χ1v) is 7.98. The monoisotopic (exact) mass is 298 g/mol. The number of aryl methyl sites for hydroxylation is 1. The highest BCUT2D eigenvalue weighted by molar-refractivity contribution is 7.89. The molecule has 0 aliphatic carbocycles. The molecule has 19 heavy (non-hydrogen) atoms. The van der Waals surface area contributed by atoms with Gasteiger partial charge in [0.1, 0.15) is 5.01 Å². The maximum Gasteiger partial charge on any atom is 0.240 e. The largest absolute Gasteiger partial charge is 0.392 e. The third-order valence-electron chi connectivity index (χ3n) is 2.47. The SMILES string of the molecule is Cc1csc(CNS(=O)(=O)c2cccc(CO)c2)n1. The first-order valence-electron chi connectivity index (χ1n) is 5.62. The lowest BCUT2D eigenvalue weighted by Gasteiger charge is -2.06. The van der Waals surface area contributed by atoms with Crippen molar-refractivity contribution in [2.24, 2.45) is 0 Å². The van der Waals surface area contributed by atoms with Crippen molar-refractivity contribution in [3.63, 3.8) is 0 Å². The molecule has 2 rings (SSSR count). The smallest absolute Gasteiger partial charge is 0.240 e. The number of hydrogen-bond acceptors (Lipinski definition) is 5. The van der Waals surface area contributed by atoms with Crippen LogP contribution in [-0.4, -0.2) is 18.5 Å². The molecule has 0 aliphatic rings. The van der Waals surface area contributed by atoms with Crippen LogP contribution in [0.2, 0.25) is 0 Å². The van der Waals surface area contributed by atoms with Gasteiger partial charge in [0.05, 0.1) is 18.0 Å². The standard InChI is InChI=1S/C12H14N2O3S2/c1-9-8-18-12(14-9)6-13-19(16,17)11-4-2-3-10(5-11)7-15/h2-5,8,13,15H,6-7H2,1H3. The van der Waals surface area contributed by atoms with Gasteiger partial charge in [-0.25, -0.2) is 18.1 Å². The highest BCUT2D eigenvalue weighted by atomic mass is 32.2. The van der Waals surface area contributed by atoms with Crippen LogP contribution in [0.15, 0.2) is 34.5 Å². The van der Waals surface area contributed by atoms with E-state index < -0.39 is 10.0 Å². The van der Waals surface area contributed by atoms with Gasteiger partial charge < -0.3 is 5.11 Å². The Bertz CT molecular complexity index is 665. The molecule has 0 unspecified atom stereocenters. The van der Waals surface area contributed by atoms with Crippen molar-refractivity contribution < 1.29 is 13.5 Å². The lowest BCUT2D eigenvalue weighted by Crippen LogP contribution is -2.23. The summed E-state index contributed by atoms with van der Waals surface area (Å²) in [5, 5.41) is 11.6. The summed E-state index contributed by atoms with van der Waals surface area (Å²) in [7, 11) is -3.58. The predicted octanol–water partition coefficient (Wildman–Crippen LogP) is 1.42. The van der Waals surface area contributed by atoms with Crippen molar-refractivity contribution in [2.45, 2.75) is 25.0 Å². The molecule has 1 heterocycles. The van der Waals surface area contributed by atoms with Gasteiger partial charge >= 0.3 is 0 Å². The summed E-state index contributed by atoms with van der Waals surface area (Å²) < 4.78 is 26.6. The van der Waals surface area contributed by atoms with E-state index in [2.05, 4.69) is 9.71 Å². The third-order valence-corrected chi connectivity index (χ3v) is 4.84. The molecule has 102 valence electrons. The van der Waals surface area contributed by atoms with Crippen LogP contribution in [0.25, 0.3) is 0 Å². The molecular weight excluding hydrogens is 284 g/mol. The summed E-state index contributed by atoms with van der Waals surface area (Å²) in [4.78, 5) is 4.34. The Labute approximate surface area is 116 Å². The second kappa shape index (κ2) is 5.79. The van der Waals surface area contributed by atoms with Gasteiger partial charge in [-0.1, -0.05) is 12.1 Å². The summed E-state index contributed by atoms with van der Waals surface area (Å²) >= 11 is 1.42. The van der Waals surface area contributed by atoms with Crippen molar-refractivity contribution >= 4 is 21.4 Å². The first kappa shape index (κ1) is 14.1. The van der Waals surface area contributed by atoms with Crippen molar-refractivity contribution in [3.05, 3.63) is 45.9 Å². The molecule has 0 fully saturated rings. The number of aliphatic hydroxyl groups excluding tert-OH is 1. The topological polar surface area (TPSA) is 79.3 Å². The van der Waals surface area contributed by atoms with Crippen LogP contribution in [0.1, 0.15) is 16.3 Å².